The minimum absolute atomic E-state index is 0.0529. The van der Waals surface area contributed by atoms with Crippen LogP contribution >= 0.6 is 0 Å². The predicted molar refractivity (Wildman–Crippen MR) is 460 cm³/mol. The Morgan fingerprint density at radius 1 is 0.472 bits per heavy atom. The van der Waals surface area contributed by atoms with Crippen LogP contribution < -0.4 is 24.0 Å². The quantitative estimate of drug-likeness (QED) is 0.0114. The molecule has 1 heterocycles. The van der Waals surface area contributed by atoms with Crippen LogP contribution in [0.25, 0.3) is 0 Å². The Morgan fingerprint density at radius 2 is 0.776 bits per heavy atom. The van der Waals surface area contributed by atoms with Gasteiger partial charge in [-0.05, 0) is 183 Å². The van der Waals surface area contributed by atoms with Crippen molar-refractivity contribution in [3.63, 3.8) is 0 Å². The number of nitrogens with zero attached hydrogens (tertiary/aromatic N) is 1. The number of hydrogen-bond acceptors (Lipinski definition) is 24. The molecule has 0 radical (unpaired) electrons. The maximum atomic E-state index is 13.4. The number of carboxylic acid groups (broad SMARTS) is 1. The lowest BCUT2D eigenvalue weighted by atomic mass is 9.99. The van der Waals surface area contributed by atoms with E-state index in [0.717, 1.165) is 33.4 Å². The van der Waals surface area contributed by atoms with Gasteiger partial charge >= 0.3 is 29.8 Å². The summed E-state index contributed by atoms with van der Waals surface area (Å²) >= 11 is 0. The van der Waals surface area contributed by atoms with Crippen LogP contribution in [0.3, 0.4) is 0 Å². The fraction of sp³-hybridized carbons (Fsp3) is 0.318. The Bertz CT molecular complexity index is 5270. The van der Waals surface area contributed by atoms with Crippen LogP contribution in [-0.4, -0.2) is 153 Å². The number of benzene rings is 9. The SMILES string of the molecule is CC(C)C(C(=O)O)N(CC[C@@H]1C[C@H](CC(=O)OC(C)(C)C)OC(C)(C)O1)C(=O)c1ccc(F)cc1.Cc1ccc(S(=O)(=O)NC(NS(=O)(=O)c2ccc(C)cc2)C(=O)OCc2ccccc2)cc1.Cc1ccc(S(=O)(=O)NC(NS(=O)(=O)c2ccc(C)cc2)C(=O)OCc2ccccc2)cc1.Cc1ccc(S(N)(=O)=O)cc1.O=C(OCc1ccccc1)C(O)O. The molecular weight excluding hydrogens is 1720 g/mol. The van der Waals surface area contributed by atoms with Crippen LogP contribution in [0, 0.1) is 46.4 Å². The standard InChI is InChI=1S/C26H38FNO7.2C23H24N2O6S2.C9H10O4.C7H9NO2S/c1-16(2)22(24(31)32)28(23(30)17-8-10-18(27)11-9-17)13-12-19-14-20(34-26(6,7)33-19)15-21(29)35-25(3,4)5;2*1-17-8-12-20(13-9-17)32(27,28)24-22(23(26)31-16-19-6-4-3-5-7-19)25-33(29,30)21-14-10-18(2)11-15-21;10-8(11)9(12)13-6-7-4-2-1-3-5-7;1-6-2-4-7(5-3-6)11(8,9)10/h8-11,16,19-20,22H,12-15H2,1-7H3,(H,31,32);2*3-15,22,24-25H,16H2,1-2H3;1-5,8,10-11H,6H2;2-5H,1H3,(H2,8,9,10)/t19-,20-,22?;;;;/m1..../s1. The van der Waals surface area contributed by atoms with Crippen LogP contribution in [0.5, 0.6) is 0 Å². The van der Waals surface area contributed by atoms with E-state index in [4.69, 9.17) is 39.0 Å². The summed E-state index contributed by atoms with van der Waals surface area (Å²) in [5, 5.41) is 31.5. The zero-order chi connectivity index (χ0) is 92.8. The van der Waals surface area contributed by atoms with E-state index in [9.17, 15) is 80.4 Å². The average molecular weight is 1830 g/mol. The van der Waals surface area contributed by atoms with E-state index in [-0.39, 0.29) is 80.8 Å². The fourth-order valence-corrected chi connectivity index (χ4v) is 16.5. The average Bonchev–Trinajstić information content (AvgIpc) is 0.802. The number of halogens is 1. The number of amides is 1. The molecular formula is C88H105FN6O25S5. The number of carboxylic acids is 1. The molecule has 674 valence electrons. The van der Waals surface area contributed by atoms with E-state index in [1.54, 1.807) is 222 Å². The van der Waals surface area contributed by atoms with Gasteiger partial charge in [-0.25, -0.2) is 70.8 Å². The monoisotopic (exact) mass is 1820 g/mol. The van der Waals surface area contributed by atoms with Gasteiger partial charge in [0.2, 0.25) is 50.1 Å². The van der Waals surface area contributed by atoms with E-state index < -0.39 is 128 Å². The van der Waals surface area contributed by atoms with E-state index in [0.29, 0.717) is 24.0 Å². The molecule has 37 heteroatoms. The first kappa shape index (κ1) is 103. The predicted octanol–water partition coefficient (Wildman–Crippen LogP) is 10.4. The van der Waals surface area contributed by atoms with E-state index in [2.05, 4.69) is 23.6 Å². The van der Waals surface area contributed by atoms with Crippen molar-refractivity contribution in [2.75, 3.05) is 6.54 Å². The Morgan fingerprint density at radius 3 is 1.06 bits per heavy atom. The molecule has 3 atom stereocenters. The number of ether oxygens (including phenoxy) is 6. The number of aliphatic hydroxyl groups is 2. The first-order valence-electron chi connectivity index (χ1n) is 38.7. The second kappa shape index (κ2) is 46.9. The van der Waals surface area contributed by atoms with Crippen LogP contribution in [0.2, 0.25) is 0 Å². The third kappa shape index (κ3) is 35.6. The molecule has 125 heavy (non-hydrogen) atoms. The molecule has 1 saturated heterocycles. The van der Waals surface area contributed by atoms with Crippen LogP contribution in [-0.2, 0) is 122 Å². The first-order chi connectivity index (χ1) is 58.4. The first-order valence-corrected chi connectivity index (χ1v) is 46.2. The highest BCUT2D eigenvalue weighted by Gasteiger charge is 2.40. The summed E-state index contributed by atoms with van der Waals surface area (Å²) in [6.07, 6.45) is -5.86. The Hall–Kier alpha value is -10.9. The number of carbonyl (C=O) groups excluding carboxylic acids is 5. The van der Waals surface area contributed by atoms with Gasteiger partial charge in [0.05, 0.1) is 43.1 Å². The topological polar surface area (TPSA) is 467 Å². The van der Waals surface area contributed by atoms with Crippen molar-refractivity contribution in [2.45, 2.75) is 195 Å². The molecule has 0 aliphatic carbocycles. The van der Waals surface area contributed by atoms with Crippen molar-refractivity contribution >= 4 is 85.9 Å². The number of nitrogens with two attached hydrogens (primary N) is 1. The number of rotatable bonds is 31. The zero-order valence-corrected chi connectivity index (χ0v) is 74.9. The lowest BCUT2D eigenvalue weighted by Gasteiger charge is -2.41. The number of aliphatic carboxylic acids is 1. The van der Waals surface area contributed by atoms with Gasteiger partial charge in [-0.2, -0.15) is 18.9 Å². The lowest BCUT2D eigenvalue weighted by molar-refractivity contribution is -0.301. The highest BCUT2D eigenvalue weighted by Crippen LogP contribution is 2.32. The van der Waals surface area contributed by atoms with Gasteiger partial charge in [-0.1, -0.05) is 193 Å². The van der Waals surface area contributed by atoms with Gasteiger partial charge in [0.1, 0.15) is 37.3 Å². The summed E-state index contributed by atoms with van der Waals surface area (Å²) in [4.78, 5) is 74.7. The van der Waals surface area contributed by atoms with Gasteiger partial charge in [0, 0.05) is 18.5 Å². The Kier molecular flexibility index (Phi) is 38.6. The number of aryl methyl sites for hydroxylation is 5. The normalized spacial score (nSPS) is 14.2. The molecule has 1 aliphatic rings. The molecule has 1 amide bonds. The second-order valence-electron chi connectivity index (χ2n) is 30.3. The summed E-state index contributed by atoms with van der Waals surface area (Å²) in [5.74, 6) is -7.03. The van der Waals surface area contributed by atoms with Crippen LogP contribution in [0.4, 0.5) is 4.39 Å². The summed E-state index contributed by atoms with van der Waals surface area (Å²) < 4.78 is 178. The van der Waals surface area contributed by atoms with E-state index >= 15 is 0 Å². The summed E-state index contributed by atoms with van der Waals surface area (Å²) in [6.45, 7) is 21.2. The van der Waals surface area contributed by atoms with Gasteiger partial charge in [0.15, 0.2) is 18.1 Å². The zero-order valence-electron chi connectivity index (χ0n) is 70.8. The summed E-state index contributed by atoms with van der Waals surface area (Å²) in [7, 11) is -20.5. The number of hydrogen-bond donors (Lipinski definition) is 8. The van der Waals surface area contributed by atoms with Gasteiger partial charge in [-0.15, -0.1) is 0 Å². The summed E-state index contributed by atoms with van der Waals surface area (Å²) in [6, 6.07) is 60.4. The van der Waals surface area contributed by atoms with Crippen molar-refractivity contribution in [3.05, 3.63) is 292 Å². The molecule has 9 aromatic rings. The number of aliphatic hydroxyl groups excluding tert-OH is 1. The molecule has 0 spiro atoms. The Labute approximate surface area is 729 Å². The minimum Gasteiger partial charge on any atom is -0.480 e. The van der Waals surface area contributed by atoms with E-state index in [1.807, 2.05) is 13.0 Å². The fourth-order valence-electron chi connectivity index (χ4n) is 11.4. The van der Waals surface area contributed by atoms with Crippen molar-refractivity contribution in [1.29, 1.82) is 0 Å². The van der Waals surface area contributed by atoms with Gasteiger partial charge in [-0.3, -0.25) is 9.59 Å². The highest BCUT2D eigenvalue weighted by atomic mass is 32.2. The smallest absolute Gasteiger partial charge is 0.363 e. The van der Waals surface area contributed by atoms with Crippen molar-refractivity contribution in [2.24, 2.45) is 11.1 Å². The maximum absolute atomic E-state index is 13.4. The number of esters is 4. The highest BCUT2D eigenvalue weighted by molar-refractivity contribution is 7.91. The maximum Gasteiger partial charge on any atom is 0.363 e. The van der Waals surface area contributed by atoms with Crippen molar-refractivity contribution in [1.82, 2.24) is 23.8 Å². The van der Waals surface area contributed by atoms with Crippen LogP contribution in [0.1, 0.15) is 123 Å². The lowest BCUT2D eigenvalue weighted by Crippen LogP contribution is -2.53. The Balaban J connectivity index is 0.000000255. The molecule has 0 bridgehead atoms. The molecule has 31 nitrogen and oxygen atoms in total. The molecule has 10 rings (SSSR count). The van der Waals surface area contributed by atoms with Crippen LogP contribution in [0.15, 0.2) is 261 Å². The molecule has 1 aliphatic heterocycles. The van der Waals surface area contributed by atoms with Gasteiger partial charge < -0.3 is 48.6 Å². The van der Waals surface area contributed by atoms with Crippen molar-refractivity contribution < 1.29 is 119 Å². The summed E-state index contributed by atoms with van der Waals surface area (Å²) in [5.41, 5.74) is 6.09. The second-order valence-corrected chi connectivity index (χ2v) is 38.8. The van der Waals surface area contributed by atoms with Gasteiger partial charge in [0.25, 0.3) is 12.2 Å². The molecule has 9 aromatic carbocycles. The van der Waals surface area contributed by atoms with Crippen molar-refractivity contribution in [3.8, 4) is 0 Å². The third-order valence-corrected chi connectivity index (χ3v) is 24.3. The molecule has 9 N–H and O–H groups in total. The minimum atomic E-state index is -4.24. The molecule has 0 saturated carbocycles. The number of sulfonamides is 5. The van der Waals surface area contributed by atoms with E-state index in [1.165, 1.54) is 89.8 Å². The molecule has 1 fully saturated rings. The largest absolute Gasteiger partial charge is 0.480 e. The number of nitrogens with one attached hydrogen (secondary N) is 4. The third-order valence-electron chi connectivity index (χ3n) is 17.6. The molecule has 1 unspecified atom stereocenters. The molecule has 0 aromatic heterocycles. The number of carbonyl (C=O) groups is 6. The number of primary sulfonamides is 1.